The third-order valence-corrected chi connectivity index (χ3v) is 5.51. The third-order valence-electron chi connectivity index (χ3n) is 5.51. The quantitative estimate of drug-likeness (QED) is 0.648. The number of anilines is 1. The Balaban J connectivity index is 1.54. The lowest BCUT2D eigenvalue weighted by molar-refractivity contribution is -0.137. The van der Waals surface area contributed by atoms with E-state index in [-0.39, 0.29) is 23.9 Å². The summed E-state index contributed by atoms with van der Waals surface area (Å²) in [7, 11) is 1.53. The molecule has 168 valence electrons. The fourth-order valence-electron chi connectivity index (χ4n) is 3.77. The number of halogens is 3. The van der Waals surface area contributed by atoms with Gasteiger partial charge in [0.25, 0.3) is 11.8 Å². The van der Waals surface area contributed by atoms with Crippen LogP contribution in [0.15, 0.2) is 42.5 Å². The van der Waals surface area contributed by atoms with Gasteiger partial charge in [0, 0.05) is 35.9 Å². The Bertz CT molecular complexity index is 1020. The van der Waals surface area contributed by atoms with Crippen molar-refractivity contribution >= 4 is 17.5 Å². The molecule has 0 radical (unpaired) electrons. The van der Waals surface area contributed by atoms with E-state index in [0.717, 1.165) is 6.07 Å². The molecule has 1 aliphatic carbocycles. The van der Waals surface area contributed by atoms with Crippen LogP contribution in [0.3, 0.4) is 0 Å². The van der Waals surface area contributed by atoms with E-state index in [1.165, 1.54) is 19.2 Å². The first-order chi connectivity index (χ1) is 15.2. The van der Waals surface area contributed by atoms with E-state index in [1.807, 2.05) is 0 Å². The van der Waals surface area contributed by atoms with Crippen LogP contribution < -0.4 is 16.0 Å². The number of rotatable bonds is 5. The molecule has 0 atom stereocenters. The fraction of sp³-hybridized carbons (Fsp3) is 0.348. The number of carbonyl (C=O) groups is 2. The summed E-state index contributed by atoms with van der Waals surface area (Å²) in [5.41, 5.74) is -0.117. The lowest BCUT2D eigenvalue weighted by Gasteiger charge is -2.30. The molecule has 2 aromatic rings. The van der Waals surface area contributed by atoms with Gasteiger partial charge in [-0.15, -0.1) is 0 Å². The third kappa shape index (κ3) is 5.58. The van der Waals surface area contributed by atoms with Crippen LogP contribution >= 0.6 is 0 Å². The molecule has 0 unspecified atom stereocenters. The zero-order valence-electron chi connectivity index (χ0n) is 17.4. The number of hydrogen-bond donors (Lipinski definition) is 3. The first-order valence-corrected chi connectivity index (χ1v) is 10.2. The summed E-state index contributed by atoms with van der Waals surface area (Å²) in [4.78, 5) is 24.1. The topological polar surface area (TPSA) is 94.0 Å². The zero-order valence-corrected chi connectivity index (χ0v) is 17.4. The molecule has 2 aromatic carbocycles. The van der Waals surface area contributed by atoms with Crippen molar-refractivity contribution in [3.8, 4) is 6.07 Å². The second-order valence-electron chi connectivity index (χ2n) is 7.69. The average Bonchev–Trinajstić information content (AvgIpc) is 2.79. The van der Waals surface area contributed by atoms with Crippen LogP contribution in [0.25, 0.3) is 0 Å². The van der Waals surface area contributed by atoms with Crippen LogP contribution in [0.2, 0.25) is 0 Å². The Morgan fingerprint density at radius 2 is 1.50 bits per heavy atom. The number of amides is 2. The summed E-state index contributed by atoms with van der Waals surface area (Å²) in [5, 5.41) is 17.5. The summed E-state index contributed by atoms with van der Waals surface area (Å²) in [6.07, 6.45) is -1.86. The van der Waals surface area contributed by atoms with E-state index in [0.29, 0.717) is 42.5 Å². The molecule has 0 heterocycles. The number of benzene rings is 2. The van der Waals surface area contributed by atoms with E-state index >= 15 is 0 Å². The number of alkyl halides is 3. The Morgan fingerprint density at radius 1 is 0.938 bits per heavy atom. The van der Waals surface area contributed by atoms with E-state index in [1.54, 1.807) is 30.3 Å². The van der Waals surface area contributed by atoms with Crippen LogP contribution in [-0.2, 0) is 6.18 Å². The van der Waals surface area contributed by atoms with Crippen LogP contribution in [0.4, 0.5) is 18.9 Å². The van der Waals surface area contributed by atoms with Gasteiger partial charge in [-0.3, -0.25) is 9.59 Å². The van der Waals surface area contributed by atoms with Crippen molar-refractivity contribution in [3.05, 3.63) is 64.7 Å². The second kappa shape index (κ2) is 9.73. The highest BCUT2D eigenvalue weighted by Gasteiger charge is 2.34. The summed E-state index contributed by atoms with van der Waals surface area (Å²) in [5.74, 6) is -0.459. The highest BCUT2D eigenvalue weighted by atomic mass is 19.4. The van der Waals surface area contributed by atoms with Gasteiger partial charge < -0.3 is 16.0 Å². The maximum atomic E-state index is 13.1. The number of hydrogen-bond acceptors (Lipinski definition) is 4. The summed E-state index contributed by atoms with van der Waals surface area (Å²) in [6, 6.07) is 11.5. The predicted molar refractivity (Wildman–Crippen MR) is 113 cm³/mol. The molecule has 0 bridgehead atoms. The van der Waals surface area contributed by atoms with Gasteiger partial charge in [0.1, 0.15) is 0 Å². The first-order valence-electron chi connectivity index (χ1n) is 10.2. The first kappa shape index (κ1) is 23.1. The highest BCUT2D eigenvalue weighted by Crippen LogP contribution is 2.34. The molecule has 1 aliphatic rings. The van der Waals surface area contributed by atoms with Crippen molar-refractivity contribution in [1.29, 1.82) is 5.26 Å². The lowest BCUT2D eigenvalue weighted by atomic mass is 9.90. The maximum Gasteiger partial charge on any atom is 0.417 e. The molecule has 6 nitrogen and oxygen atoms in total. The van der Waals surface area contributed by atoms with Gasteiger partial charge >= 0.3 is 6.18 Å². The van der Waals surface area contributed by atoms with E-state index in [2.05, 4.69) is 16.0 Å². The van der Waals surface area contributed by atoms with E-state index < -0.39 is 17.3 Å². The van der Waals surface area contributed by atoms with Gasteiger partial charge in [-0.2, -0.15) is 18.4 Å². The van der Waals surface area contributed by atoms with Crippen LogP contribution in [0.5, 0.6) is 0 Å². The Kier molecular flexibility index (Phi) is 7.03. The van der Waals surface area contributed by atoms with Gasteiger partial charge in [-0.1, -0.05) is 0 Å². The van der Waals surface area contributed by atoms with Gasteiger partial charge in [-0.05, 0) is 68.1 Å². The molecule has 1 saturated carbocycles. The van der Waals surface area contributed by atoms with Gasteiger partial charge in [0.2, 0.25) is 0 Å². The molecular formula is C23H23F3N4O2. The van der Waals surface area contributed by atoms with Crippen LogP contribution in [0, 0.1) is 11.3 Å². The Morgan fingerprint density at radius 3 is 2.03 bits per heavy atom. The molecule has 0 aromatic heterocycles. The average molecular weight is 444 g/mol. The van der Waals surface area contributed by atoms with Crippen LogP contribution in [0.1, 0.15) is 57.5 Å². The van der Waals surface area contributed by atoms with Gasteiger partial charge in [0.05, 0.1) is 17.2 Å². The molecule has 0 spiro atoms. The SMILES string of the molecule is CNC(=O)c1ccc(C(=O)NC2CCC(Nc3ccc(C#N)c(C(F)(F)F)c3)CC2)cc1. The molecule has 32 heavy (non-hydrogen) atoms. The highest BCUT2D eigenvalue weighted by molar-refractivity contribution is 5.97. The molecule has 2 amide bonds. The maximum absolute atomic E-state index is 13.1. The number of carbonyl (C=O) groups excluding carboxylic acids is 2. The molecule has 9 heteroatoms. The predicted octanol–water partition coefficient (Wildman–Crippen LogP) is 4.09. The van der Waals surface area contributed by atoms with Crippen molar-refractivity contribution in [1.82, 2.24) is 10.6 Å². The molecule has 3 rings (SSSR count). The molecule has 1 fully saturated rings. The lowest BCUT2D eigenvalue weighted by Crippen LogP contribution is -2.40. The number of nitrogens with zero attached hydrogens (tertiary/aromatic N) is 1. The smallest absolute Gasteiger partial charge is 0.382 e. The van der Waals surface area contributed by atoms with Crippen molar-refractivity contribution < 1.29 is 22.8 Å². The van der Waals surface area contributed by atoms with Gasteiger partial charge in [-0.25, -0.2) is 0 Å². The van der Waals surface area contributed by atoms with Crippen molar-refractivity contribution in [2.75, 3.05) is 12.4 Å². The summed E-state index contributed by atoms with van der Waals surface area (Å²) in [6.45, 7) is 0. The minimum atomic E-state index is -4.59. The largest absolute Gasteiger partial charge is 0.417 e. The fourth-order valence-corrected chi connectivity index (χ4v) is 3.77. The monoisotopic (exact) mass is 444 g/mol. The van der Waals surface area contributed by atoms with Crippen molar-refractivity contribution in [3.63, 3.8) is 0 Å². The minimum Gasteiger partial charge on any atom is -0.382 e. The van der Waals surface area contributed by atoms with Crippen LogP contribution in [-0.4, -0.2) is 30.9 Å². The minimum absolute atomic E-state index is 0.0241. The molecular weight excluding hydrogens is 421 g/mol. The summed E-state index contributed by atoms with van der Waals surface area (Å²) >= 11 is 0. The summed E-state index contributed by atoms with van der Waals surface area (Å²) < 4.78 is 39.4. The molecule has 0 saturated heterocycles. The van der Waals surface area contributed by atoms with Crippen molar-refractivity contribution in [2.45, 2.75) is 43.9 Å². The second-order valence-corrected chi connectivity index (χ2v) is 7.69. The zero-order chi connectivity index (χ0) is 23.3. The Labute approximate surface area is 183 Å². The van der Waals surface area contributed by atoms with Crippen molar-refractivity contribution in [2.24, 2.45) is 0 Å². The van der Waals surface area contributed by atoms with E-state index in [4.69, 9.17) is 5.26 Å². The van der Waals surface area contributed by atoms with E-state index in [9.17, 15) is 22.8 Å². The standard InChI is InChI=1S/C23H23F3N4O2/c1-28-21(31)14-2-4-15(5-3-14)22(32)30-18-10-8-17(9-11-18)29-19-7-6-16(13-27)20(12-19)23(24,25)26/h2-7,12,17-18,29H,8-11H2,1H3,(H,28,31)(H,30,32). The van der Waals surface area contributed by atoms with Gasteiger partial charge in [0.15, 0.2) is 0 Å². The Hall–Kier alpha value is -3.54. The molecule has 3 N–H and O–H groups in total. The molecule has 0 aliphatic heterocycles. The number of nitriles is 1. The normalized spacial score (nSPS) is 18.3. The number of nitrogens with one attached hydrogen (secondary N) is 3.